The summed E-state index contributed by atoms with van der Waals surface area (Å²) in [7, 11) is 0. The molecule has 0 spiro atoms. The van der Waals surface area contributed by atoms with E-state index in [0.717, 1.165) is 4.88 Å². The second-order valence-corrected chi connectivity index (χ2v) is 4.44. The molecule has 2 aromatic heterocycles. The Hall–Kier alpha value is -1.66. The van der Waals surface area contributed by atoms with E-state index >= 15 is 0 Å². The van der Waals surface area contributed by atoms with E-state index in [1.54, 1.807) is 11.3 Å². The molecule has 0 aliphatic carbocycles. The first-order chi connectivity index (χ1) is 8.29. The Labute approximate surface area is 102 Å². The Morgan fingerprint density at radius 1 is 1.53 bits per heavy atom. The van der Waals surface area contributed by atoms with Crippen molar-refractivity contribution in [3.63, 3.8) is 0 Å². The molecule has 0 bridgehead atoms. The molecule has 0 unspecified atom stereocenters. The van der Waals surface area contributed by atoms with E-state index in [1.165, 1.54) is 16.9 Å². The highest BCUT2D eigenvalue weighted by molar-refractivity contribution is 7.09. The molecule has 90 valence electrons. The molecule has 0 saturated heterocycles. The molecule has 0 aliphatic heterocycles. The molecule has 5 nitrogen and oxygen atoms in total. The highest BCUT2D eigenvalue weighted by Crippen LogP contribution is 2.09. The van der Waals surface area contributed by atoms with Crippen LogP contribution in [0.3, 0.4) is 0 Å². The summed E-state index contributed by atoms with van der Waals surface area (Å²) in [4.78, 5) is 12.8. The van der Waals surface area contributed by atoms with Crippen LogP contribution in [0.25, 0.3) is 0 Å². The zero-order valence-electron chi connectivity index (χ0n) is 9.20. The Kier molecular flexibility index (Phi) is 3.89. The quantitative estimate of drug-likeness (QED) is 0.848. The molecule has 6 heteroatoms. The fourth-order valence-electron chi connectivity index (χ4n) is 1.34. The van der Waals surface area contributed by atoms with Crippen LogP contribution in [-0.2, 0) is 6.54 Å². The smallest absolute Gasteiger partial charge is 0.270 e. The third-order valence-corrected chi connectivity index (χ3v) is 2.98. The van der Waals surface area contributed by atoms with Gasteiger partial charge in [-0.05, 0) is 11.4 Å². The van der Waals surface area contributed by atoms with Crippen molar-refractivity contribution >= 4 is 11.3 Å². The maximum absolute atomic E-state index is 11.7. The van der Waals surface area contributed by atoms with Crippen molar-refractivity contribution in [1.82, 2.24) is 9.78 Å². The van der Waals surface area contributed by atoms with Gasteiger partial charge >= 0.3 is 0 Å². The lowest BCUT2D eigenvalue weighted by molar-refractivity contribution is 0.324. The van der Waals surface area contributed by atoms with Gasteiger partial charge in [0, 0.05) is 17.5 Å². The Morgan fingerprint density at radius 2 is 2.41 bits per heavy atom. The van der Waals surface area contributed by atoms with Crippen molar-refractivity contribution < 1.29 is 4.74 Å². The fourth-order valence-corrected chi connectivity index (χ4v) is 2.03. The molecule has 0 radical (unpaired) electrons. The van der Waals surface area contributed by atoms with Gasteiger partial charge in [-0.25, -0.2) is 4.68 Å². The summed E-state index contributed by atoms with van der Waals surface area (Å²) >= 11 is 1.60. The lowest BCUT2D eigenvalue weighted by Crippen LogP contribution is -2.22. The van der Waals surface area contributed by atoms with Crippen molar-refractivity contribution in [3.8, 4) is 5.75 Å². The largest absolute Gasteiger partial charge is 0.490 e. The molecule has 2 aromatic rings. The molecular formula is C11H13N3O2S. The molecule has 2 rings (SSSR count). The number of hydrogen-bond acceptors (Lipinski definition) is 5. The third kappa shape index (κ3) is 3.15. The third-order valence-electron chi connectivity index (χ3n) is 2.12. The van der Waals surface area contributed by atoms with Crippen LogP contribution in [0.4, 0.5) is 0 Å². The second kappa shape index (κ2) is 5.60. The van der Waals surface area contributed by atoms with Gasteiger partial charge in [-0.15, -0.1) is 11.3 Å². The fraction of sp³-hybridized carbons (Fsp3) is 0.273. The normalized spacial score (nSPS) is 10.4. The van der Waals surface area contributed by atoms with Crippen LogP contribution < -0.4 is 16.0 Å². The summed E-state index contributed by atoms with van der Waals surface area (Å²) < 4.78 is 6.63. The van der Waals surface area contributed by atoms with Gasteiger partial charge in [0.1, 0.15) is 12.4 Å². The SMILES string of the molecule is NCCOc1cnn(Cc2cccs2)c(=O)c1. The van der Waals surface area contributed by atoms with E-state index in [2.05, 4.69) is 5.10 Å². The summed E-state index contributed by atoms with van der Waals surface area (Å²) in [5.74, 6) is 0.461. The molecule has 0 atom stereocenters. The van der Waals surface area contributed by atoms with Crippen molar-refractivity contribution in [2.24, 2.45) is 5.73 Å². The number of rotatable bonds is 5. The summed E-state index contributed by atoms with van der Waals surface area (Å²) in [6, 6.07) is 5.34. The Balaban J connectivity index is 2.12. The summed E-state index contributed by atoms with van der Waals surface area (Å²) in [6.07, 6.45) is 1.53. The van der Waals surface area contributed by atoms with Crippen LogP contribution in [-0.4, -0.2) is 22.9 Å². The van der Waals surface area contributed by atoms with Crippen LogP contribution in [0.2, 0.25) is 0 Å². The highest BCUT2D eigenvalue weighted by atomic mass is 32.1. The minimum Gasteiger partial charge on any atom is -0.490 e. The minimum absolute atomic E-state index is 0.173. The van der Waals surface area contributed by atoms with E-state index < -0.39 is 0 Å². The number of aromatic nitrogens is 2. The molecule has 0 saturated carbocycles. The molecule has 0 aromatic carbocycles. The minimum atomic E-state index is -0.173. The molecule has 2 N–H and O–H groups in total. The van der Waals surface area contributed by atoms with E-state index in [9.17, 15) is 4.79 Å². The van der Waals surface area contributed by atoms with Crippen molar-refractivity contribution in [3.05, 3.63) is 45.0 Å². The standard InChI is InChI=1S/C11H13N3O2S/c12-3-4-16-9-6-11(15)14(13-7-9)8-10-2-1-5-17-10/h1-2,5-7H,3-4,8,12H2. The molecular weight excluding hydrogens is 238 g/mol. The highest BCUT2D eigenvalue weighted by Gasteiger charge is 2.02. The molecule has 2 heterocycles. The van der Waals surface area contributed by atoms with Gasteiger partial charge in [0.25, 0.3) is 5.56 Å². The van der Waals surface area contributed by atoms with Gasteiger partial charge in [0.15, 0.2) is 0 Å². The van der Waals surface area contributed by atoms with Crippen LogP contribution in [0.15, 0.2) is 34.6 Å². The van der Waals surface area contributed by atoms with Crippen LogP contribution in [0.1, 0.15) is 4.88 Å². The Bertz CT molecular complexity index is 522. The van der Waals surface area contributed by atoms with E-state index in [4.69, 9.17) is 10.5 Å². The van der Waals surface area contributed by atoms with Crippen LogP contribution in [0.5, 0.6) is 5.75 Å². The van der Waals surface area contributed by atoms with Gasteiger partial charge < -0.3 is 10.5 Å². The average Bonchev–Trinajstić information content (AvgIpc) is 2.82. The van der Waals surface area contributed by atoms with Gasteiger partial charge in [0.05, 0.1) is 12.7 Å². The van der Waals surface area contributed by atoms with Crippen molar-refractivity contribution in [2.45, 2.75) is 6.54 Å². The van der Waals surface area contributed by atoms with Crippen LogP contribution >= 0.6 is 11.3 Å². The van der Waals surface area contributed by atoms with Gasteiger partial charge in [-0.1, -0.05) is 6.07 Å². The summed E-state index contributed by atoms with van der Waals surface area (Å²) in [5.41, 5.74) is 5.13. The predicted molar refractivity (Wildman–Crippen MR) is 66.5 cm³/mol. The zero-order chi connectivity index (χ0) is 12.1. The topological polar surface area (TPSA) is 70.1 Å². The molecule has 0 amide bonds. The number of nitrogens with zero attached hydrogens (tertiary/aromatic N) is 2. The zero-order valence-corrected chi connectivity index (χ0v) is 10.0. The monoisotopic (exact) mass is 251 g/mol. The maximum Gasteiger partial charge on any atom is 0.270 e. The molecule has 17 heavy (non-hydrogen) atoms. The lowest BCUT2D eigenvalue weighted by Gasteiger charge is -2.05. The second-order valence-electron chi connectivity index (χ2n) is 3.40. The Morgan fingerprint density at radius 3 is 3.06 bits per heavy atom. The number of thiophene rings is 1. The number of ether oxygens (including phenoxy) is 1. The van der Waals surface area contributed by atoms with E-state index in [1.807, 2.05) is 17.5 Å². The maximum atomic E-state index is 11.7. The van der Waals surface area contributed by atoms with Gasteiger partial charge in [-0.3, -0.25) is 4.79 Å². The first-order valence-electron chi connectivity index (χ1n) is 5.22. The molecule has 0 aliphatic rings. The molecule has 0 fully saturated rings. The van der Waals surface area contributed by atoms with E-state index in [0.29, 0.717) is 25.4 Å². The summed E-state index contributed by atoms with van der Waals surface area (Å²) in [5, 5.41) is 6.02. The van der Waals surface area contributed by atoms with Crippen LogP contribution in [0, 0.1) is 0 Å². The van der Waals surface area contributed by atoms with Crippen molar-refractivity contribution in [2.75, 3.05) is 13.2 Å². The first kappa shape index (κ1) is 11.8. The number of hydrogen-bond donors (Lipinski definition) is 1. The predicted octanol–water partition coefficient (Wildman–Crippen LogP) is 0.691. The van der Waals surface area contributed by atoms with E-state index in [-0.39, 0.29) is 5.56 Å². The summed E-state index contributed by atoms with van der Waals surface area (Å²) in [6.45, 7) is 1.29. The first-order valence-corrected chi connectivity index (χ1v) is 6.10. The van der Waals surface area contributed by atoms with Crippen molar-refractivity contribution in [1.29, 1.82) is 0 Å². The van der Waals surface area contributed by atoms with Gasteiger partial charge in [-0.2, -0.15) is 5.10 Å². The lowest BCUT2D eigenvalue weighted by atomic mass is 10.4. The average molecular weight is 251 g/mol. The van der Waals surface area contributed by atoms with Gasteiger partial charge in [0.2, 0.25) is 0 Å². The number of nitrogens with two attached hydrogens (primary N) is 1.